The summed E-state index contributed by atoms with van der Waals surface area (Å²) in [6, 6.07) is 9.07. The number of oxazole rings is 1. The summed E-state index contributed by atoms with van der Waals surface area (Å²) in [6.07, 6.45) is -3.43. The number of ether oxygens (including phenoxy) is 1. The zero-order valence-corrected chi connectivity index (χ0v) is 15.4. The number of H-pyrrole nitrogens is 1. The number of nitrogens with two attached hydrogens (primary N) is 1. The lowest BCUT2D eigenvalue weighted by Crippen LogP contribution is -2.52. The maximum absolute atomic E-state index is 14.5. The highest BCUT2D eigenvalue weighted by molar-refractivity contribution is 5.90. The molecule has 0 saturated heterocycles. The summed E-state index contributed by atoms with van der Waals surface area (Å²) in [4.78, 5) is 6.93. The van der Waals surface area contributed by atoms with E-state index in [1.807, 2.05) is 6.07 Å². The molecular weight excluding hydrogens is 385 g/mol. The second-order valence-electron chi connectivity index (χ2n) is 6.66. The number of hydrogen-bond donors (Lipinski definition) is 2. The number of nitrogens with one attached hydrogen (secondary N) is 1. The second kappa shape index (κ2) is 6.25. The van der Waals surface area contributed by atoms with Gasteiger partial charge in [0.15, 0.2) is 5.58 Å². The molecule has 6 nitrogen and oxygen atoms in total. The van der Waals surface area contributed by atoms with Crippen LogP contribution < -0.4 is 10.5 Å². The molecule has 0 bridgehead atoms. The average molecular weight is 400 g/mol. The molecule has 1 atom stereocenters. The van der Waals surface area contributed by atoms with Gasteiger partial charge >= 0.3 is 6.18 Å². The smallest absolute Gasteiger partial charge is 0.419 e. The van der Waals surface area contributed by atoms with Crippen LogP contribution >= 0.6 is 0 Å². The molecule has 0 fully saturated rings. The molecule has 0 amide bonds. The summed E-state index contributed by atoms with van der Waals surface area (Å²) < 4.78 is 54.1. The van der Waals surface area contributed by atoms with Crippen molar-refractivity contribution < 1.29 is 22.3 Å². The number of alkyl halides is 3. The first-order valence-electron chi connectivity index (χ1n) is 8.52. The third-order valence-electron chi connectivity index (χ3n) is 4.92. The van der Waals surface area contributed by atoms with Crippen LogP contribution in [-0.2, 0) is 5.54 Å². The van der Waals surface area contributed by atoms with Crippen LogP contribution in [0.1, 0.15) is 22.6 Å². The summed E-state index contributed by atoms with van der Waals surface area (Å²) in [7, 11) is 1.28. The third-order valence-corrected chi connectivity index (χ3v) is 4.92. The number of benzene rings is 2. The number of methoxy groups -OCH3 is 1. The quantitative estimate of drug-likeness (QED) is 0.535. The van der Waals surface area contributed by atoms with E-state index in [1.165, 1.54) is 43.6 Å². The Hall–Kier alpha value is -3.51. The van der Waals surface area contributed by atoms with Crippen LogP contribution in [0.4, 0.5) is 13.2 Å². The molecule has 0 aliphatic heterocycles. The molecule has 9 heteroatoms. The second-order valence-corrected chi connectivity index (χ2v) is 6.66. The molecule has 0 saturated carbocycles. The van der Waals surface area contributed by atoms with E-state index >= 15 is 0 Å². The van der Waals surface area contributed by atoms with Crippen molar-refractivity contribution in [2.75, 3.05) is 7.11 Å². The number of aromatic nitrogens is 2. The number of fused-ring (bicyclic) bond motifs is 2. The molecule has 2 aromatic carbocycles. The highest BCUT2D eigenvalue weighted by Crippen LogP contribution is 2.48. The zero-order valence-electron chi connectivity index (χ0n) is 15.4. The van der Waals surface area contributed by atoms with E-state index < -0.39 is 17.6 Å². The Bertz CT molecular complexity index is 1280. The fourth-order valence-corrected chi connectivity index (χ4v) is 3.48. The van der Waals surface area contributed by atoms with E-state index in [0.717, 1.165) is 0 Å². The summed E-state index contributed by atoms with van der Waals surface area (Å²) >= 11 is 0. The first-order valence-corrected chi connectivity index (χ1v) is 8.52. The fraction of sp³-hybridized carbons (Fsp3) is 0.200. The van der Waals surface area contributed by atoms with E-state index in [4.69, 9.17) is 20.1 Å². The molecule has 2 aromatic heterocycles. The standard InChI is InChI=1S/C20H15F3N4O2/c1-10-7-15(28-2)16(12-5-6-26-17(10)12)19(25,20(21,22)23)18-27-13-8-11(9-24)3-4-14(13)29-18/h3-8,26H,25H2,1-2H3. The van der Waals surface area contributed by atoms with E-state index in [1.54, 1.807) is 6.92 Å². The lowest BCUT2D eigenvalue weighted by molar-refractivity contribution is -0.182. The minimum Gasteiger partial charge on any atom is -0.496 e. The van der Waals surface area contributed by atoms with Gasteiger partial charge in [-0.3, -0.25) is 0 Å². The largest absolute Gasteiger partial charge is 0.496 e. The SMILES string of the molecule is COc1cc(C)c2[nH]ccc2c1C(N)(c1nc2cc(C#N)ccc2o1)C(F)(F)F. The van der Waals surface area contributed by atoms with Crippen molar-refractivity contribution in [1.82, 2.24) is 9.97 Å². The van der Waals surface area contributed by atoms with Crippen molar-refractivity contribution in [2.24, 2.45) is 5.73 Å². The van der Waals surface area contributed by atoms with Gasteiger partial charge in [-0.1, -0.05) is 0 Å². The molecule has 0 aliphatic rings. The van der Waals surface area contributed by atoms with Crippen molar-refractivity contribution in [1.29, 1.82) is 5.26 Å². The topological polar surface area (TPSA) is 101 Å². The molecule has 0 aliphatic carbocycles. The molecule has 4 rings (SSSR count). The Balaban J connectivity index is 2.09. The number of nitriles is 1. The Morgan fingerprint density at radius 1 is 1.24 bits per heavy atom. The van der Waals surface area contributed by atoms with Crippen molar-refractivity contribution in [2.45, 2.75) is 18.6 Å². The molecule has 0 radical (unpaired) electrons. The fourth-order valence-electron chi connectivity index (χ4n) is 3.48. The van der Waals surface area contributed by atoms with Crippen LogP contribution in [0, 0.1) is 18.3 Å². The van der Waals surface area contributed by atoms with Crippen LogP contribution in [0.15, 0.2) is 40.9 Å². The summed E-state index contributed by atoms with van der Waals surface area (Å²) in [5.41, 5.74) is 4.32. The molecule has 2 heterocycles. The number of hydrogen-bond acceptors (Lipinski definition) is 5. The first-order chi connectivity index (χ1) is 13.7. The lowest BCUT2D eigenvalue weighted by atomic mass is 9.85. The van der Waals surface area contributed by atoms with Crippen LogP contribution in [0.5, 0.6) is 5.75 Å². The predicted octanol–water partition coefficient (Wildman–Crippen LogP) is 4.26. The monoisotopic (exact) mass is 400 g/mol. The number of halogens is 3. The summed E-state index contributed by atoms with van der Waals surface area (Å²) in [5, 5.41) is 9.28. The highest BCUT2D eigenvalue weighted by Gasteiger charge is 2.60. The van der Waals surface area contributed by atoms with Gasteiger partial charge in [0, 0.05) is 22.7 Å². The van der Waals surface area contributed by atoms with Gasteiger partial charge in [0.05, 0.1) is 18.7 Å². The van der Waals surface area contributed by atoms with E-state index in [-0.39, 0.29) is 33.4 Å². The molecular formula is C20H15F3N4O2. The van der Waals surface area contributed by atoms with Gasteiger partial charge in [-0.2, -0.15) is 18.4 Å². The molecule has 148 valence electrons. The number of aromatic amines is 1. The Labute approximate surface area is 162 Å². The van der Waals surface area contributed by atoms with E-state index in [9.17, 15) is 13.2 Å². The van der Waals surface area contributed by atoms with Gasteiger partial charge in [0.25, 0.3) is 0 Å². The molecule has 29 heavy (non-hydrogen) atoms. The third kappa shape index (κ3) is 2.64. The van der Waals surface area contributed by atoms with Crippen LogP contribution in [0.25, 0.3) is 22.0 Å². The molecule has 1 unspecified atom stereocenters. The van der Waals surface area contributed by atoms with Crippen LogP contribution in [0.2, 0.25) is 0 Å². The van der Waals surface area contributed by atoms with Crippen molar-refractivity contribution >= 4 is 22.0 Å². The Kier molecular flexibility index (Phi) is 4.06. The number of nitrogens with zero attached hydrogens (tertiary/aromatic N) is 2. The van der Waals surface area contributed by atoms with E-state index in [0.29, 0.717) is 11.1 Å². The van der Waals surface area contributed by atoms with Gasteiger partial charge in [-0.05, 0) is 42.8 Å². The van der Waals surface area contributed by atoms with Crippen molar-refractivity contribution in [3.63, 3.8) is 0 Å². The Morgan fingerprint density at radius 2 is 2.00 bits per heavy atom. The van der Waals surface area contributed by atoms with Crippen molar-refractivity contribution in [3.05, 3.63) is 59.1 Å². The molecule has 0 spiro atoms. The van der Waals surface area contributed by atoms with Gasteiger partial charge in [0.1, 0.15) is 11.3 Å². The zero-order chi connectivity index (χ0) is 21.0. The minimum atomic E-state index is -4.96. The predicted molar refractivity (Wildman–Crippen MR) is 99.3 cm³/mol. The number of rotatable bonds is 3. The maximum atomic E-state index is 14.5. The van der Waals surface area contributed by atoms with E-state index in [2.05, 4.69) is 9.97 Å². The summed E-state index contributed by atoms with van der Waals surface area (Å²) in [6.45, 7) is 1.75. The first kappa shape index (κ1) is 18.8. The average Bonchev–Trinajstić information content (AvgIpc) is 3.33. The van der Waals surface area contributed by atoms with Crippen LogP contribution in [0.3, 0.4) is 0 Å². The van der Waals surface area contributed by atoms with Crippen LogP contribution in [-0.4, -0.2) is 23.3 Å². The maximum Gasteiger partial charge on any atom is 0.419 e. The normalized spacial score (nSPS) is 14.1. The number of aryl methyl sites for hydroxylation is 1. The lowest BCUT2D eigenvalue weighted by Gasteiger charge is -2.31. The van der Waals surface area contributed by atoms with Gasteiger partial charge in [-0.25, -0.2) is 4.98 Å². The van der Waals surface area contributed by atoms with Gasteiger partial charge < -0.3 is 19.9 Å². The van der Waals surface area contributed by atoms with Gasteiger partial charge in [-0.15, -0.1) is 0 Å². The molecule has 4 aromatic rings. The van der Waals surface area contributed by atoms with Crippen molar-refractivity contribution in [3.8, 4) is 11.8 Å². The summed E-state index contributed by atoms with van der Waals surface area (Å²) in [5.74, 6) is -0.769. The minimum absolute atomic E-state index is 0.0330. The Morgan fingerprint density at radius 3 is 2.66 bits per heavy atom. The van der Waals surface area contributed by atoms with Gasteiger partial charge in [0.2, 0.25) is 11.4 Å². The molecule has 3 N–H and O–H groups in total. The highest BCUT2D eigenvalue weighted by atomic mass is 19.4.